The van der Waals surface area contributed by atoms with Gasteiger partial charge in [0.1, 0.15) is 5.82 Å². The standard InChI is InChI=1S/C13H15N3O/c17-12(13-4-9(13)5-13)15-7-11-14-6-8-2-1-3-10(8)16-11/h6,9H,1-5,7H2,(H,15,17). The van der Waals surface area contributed by atoms with Crippen LogP contribution in [-0.4, -0.2) is 15.9 Å². The molecule has 17 heavy (non-hydrogen) atoms. The molecule has 1 N–H and O–H groups in total. The zero-order valence-corrected chi connectivity index (χ0v) is 9.70. The molecule has 4 nitrogen and oxygen atoms in total. The average molecular weight is 229 g/mol. The molecule has 4 rings (SSSR count). The summed E-state index contributed by atoms with van der Waals surface area (Å²) in [6.07, 6.45) is 7.47. The minimum absolute atomic E-state index is 0.0523. The summed E-state index contributed by atoms with van der Waals surface area (Å²) in [5.74, 6) is 1.67. The van der Waals surface area contributed by atoms with Gasteiger partial charge in [0, 0.05) is 11.9 Å². The summed E-state index contributed by atoms with van der Waals surface area (Å²) >= 11 is 0. The number of amides is 1. The molecule has 1 heterocycles. The van der Waals surface area contributed by atoms with E-state index in [1.54, 1.807) is 0 Å². The first-order valence-electron chi connectivity index (χ1n) is 6.40. The molecule has 0 aromatic carbocycles. The number of carbonyl (C=O) groups is 1. The second kappa shape index (κ2) is 3.06. The van der Waals surface area contributed by atoms with Crippen molar-refractivity contribution in [2.24, 2.45) is 11.3 Å². The molecule has 0 radical (unpaired) electrons. The normalized spacial score (nSPS) is 31.6. The van der Waals surface area contributed by atoms with E-state index in [0.717, 1.165) is 31.5 Å². The lowest BCUT2D eigenvalue weighted by atomic mass is 10.2. The van der Waals surface area contributed by atoms with Gasteiger partial charge in [-0.25, -0.2) is 9.97 Å². The number of aryl methyl sites for hydroxylation is 2. The predicted octanol–water partition coefficient (Wildman–Crippen LogP) is 0.991. The van der Waals surface area contributed by atoms with Gasteiger partial charge in [0.25, 0.3) is 0 Å². The Bertz CT molecular complexity index is 505. The zero-order valence-electron chi connectivity index (χ0n) is 9.70. The first-order valence-corrected chi connectivity index (χ1v) is 6.40. The van der Waals surface area contributed by atoms with Crippen molar-refractivity contribution in [1.82, 2.24) is 15.3 Å². The first-order chi connectivity index (χ1) is 8.28. The van der Waals surface area contributed by atoms with Gasteiger partial charge in [-0.2, -0.15) is 0 Å². The largest absolute Gasteiger partial charge is 0.348 e. The van der Waals surface area contributed by atoms with E-state index in [-0.39, 0.29) is 11.3 Å². The summed E-state index contributed by atoms with van der Waals surface area (Å²) in [4.78, 5) is 20.6. The summed E-state index contributed by atoms with van der Waals surface area (Å²) < 4.78 is 0. The molecule has 4 heteroatoms. The van der Waals surface area contributed by atoms with E-state index < -0.39 is 0 Å². The van der Waals surface area contributed by atoms with Gasteiger partial charge in [0.2, 0.25) is 5.91 Å². The molecule has 3 aliphatic rings. The molecule has 0 unspecified atom stereocenters. The Labute approximate surface area is 99.8 Å². The van der Waals surface area contributed by atoms with Gasteiger partial charge in [0.05, 0.1) is 12.0 Å². The minimum atomic E-state index is 0.0523. The average Bonchev–Trinajstić information content (AvgIpc) is 3.13. The van der Waals surface area contributed by atoms with Crippen LogP contribution in [0.2, 0.25) is 0 Å². The third-order valence-corrected chi connectivity index (χ3v) is 4.41. The van der Waals surface area contributed by atoms with Crippen LogP contribution in [-0.2, 0) is 24.2 Å². The molecule has 0 aliphatic heterocycles. The fraction of sp³-hybridized carbons (Fsp3) is 0.615. The van der Waals surface area contributed by atoms with Crippen LogP contribution < -0.4 is 5.32 Å². The van der Waals surface area contributed by atoms with E-state index in [1.807, 2.05) is 6.20 Å². The first kappa shape index (κ1) is 9.57. The molecule has 0 atom stereocenters. The topological polar surface area (TPSA) is 54.9 Å². The maximum atomic E-state index is 11.8. The molecular weight excluding hydrogens is 214 g/mol. The second-order valence-electron chi connectivity index (χ2n) is 5.56. The van der Waals surface area contributed by atoms with Crippen LogP contribution in [0.25, 0.3) is 0 Å². The highest BCUT2D eigenvalue weighted by molar-refractivity contribution is 5.89. The van der Waals surface area contributed by atoms with E-state index in [2.05, 4.69) is 15.3 Å². The Balaban J connectivity index is 1.43. The van der Waals surface area contributed by atoms with E-state index >= 15 is 0 Å². The Hall–Kier alpha value is -1.45. The van der Waals surface area contributed by atoms with Crippen LogP contribution in [0.3, 0.4) is 0 Å². The number of hydrogen-bond acceptors (Lipinski definition) is 3. The molecular formula is C13H15N3O. The van der Waals surface area contributed by atoms with Gasteiger partial charge >= 0.3 is 0 Å². The Morgan fingerprint density at radius 2 is 2.29 bits per heavy atom. The van der Waals surface area contributed by atoms with Crippen LogP contribution in [0.1, 0.15) is 36.3 Å². The van der Waals surface area contributed by atoms with Gasteiger partial charge in [-0.15, -0.1) is 0 Å². The Morgan fingerprint density at radius 1 is 1.47 bits per heavy atom. The third-order valence-electron chi connectivity index (χ3n) is 4.41. The number of carbonyl (C=O) groups excluding carboxylic acids is 1. The number of hydrogen-bond donors (Lipinski definition) is 1. The van der Waals surface area contributed by atoms with Crippen LogP contribution in [0.4, 0.5) is 0 Å². The fourth-order valence-corrected chi connectivity index (χ4v) is 2.85. The lowest BCUT2D eigenvalue weighted by Crippen LogP contribution is -2.28. The van der Waals surface area contributed by atoms with Crippen molar-refractivity contribution in [2.45, 2.75) is 38.6 Å². The molecule has 0 saturated heterocycles. The van der Waals surface area contributed by atoms with Crippen LogP contribution >= 0.6 is 0 Å². The number of nitrogens with one attached hydrogen (secondary N) is 1. The molecule has 1 aromatic rings. The van der Waals surface area contributed by atoms with E-state index in [4.69, 9.17) is 0 Å². The maximum absolute atomic E-state index is 11.8. The molecule has 88 valence electrons. The Morgan fingerprint density at radius 3 is 3.06 bits per heavy atom. The summed E-state index contributed by atoms with van der Waals surface area (Å²) in [6, 6.07) is 0. The van der Waals surface area contributed by atoms with Gasteiger partial charge in [0.15, 0.2) is 0 Å². The van der Waals surface area contributed by atoms with Gasteiger partial charge < -0.3 is 5.32 Å². The molecule has 1 amide bonds. The van der Waals surface area contributed by atoms with E-state index in [1.165, 1.54) is 17.7 Å². The van der Waals surface area contributed by atoms with Crippen LogP contribution in [0, 0.1) is 11.3 Å². The number of aromatic nitrogens is 2. The SMILES string of the molecule is O=C(NCc1ncc2c(n1)CCC2)C12CC1C2. The zero-order chi connectivity index (χ0) is 11.5. The minimum Gasteiger partial charge on any atom is -0.348 e. The predicted molar refractivity (Wildman–Crippen MR) is 61.1 cm³/mol. The quantitative estimate of drug-likeness (QED) is 0.841. The summed E-state index contributed by atoms with van der Waals surface area (Å²) in [5, 5.41) is 2.97. The molecule has 0 bridgehead atoms. The molecule has 3 aliphatic carbocycles. The summed E-state index contributed by atoms with van der Waals surface area (Å²) in [5.41, 5.74) is 2.51. The van der Waals surface area contributed by atoms with Crippen molar-refractivity contribution in [2.75, 3.05) is 0 Å². The van der Waals surface area contributed by atoms with Crippen LogP contribution in [0.15, 0.2) is 6.20 Å². The van der Waals surface area contributed by atoms with Crippen molar-refractivity contribution in [1.29, 1.82) is 0 Å². The highest BCUT2D eigenvalue weighted by Crippen LogP contribution is 2.75. The van der Waals surface area contributed by atoms with E-state index in [0.29, 0.717) is 12.5 Å². The van der Waals surface area contributed by atoms with Gasteiger partial charge in [-0.3, -0.25) is 4.79 Å². The molecule has 0 spiro atoms. The highest BCUT2D eigenvalue weighted by atomic mass is 16.2. The van der Waals surface area contributed by atoms with Crippen molar-refractivity contribution >= 4 is 5.91 Å². The second-order valence-corrected chi connectivity index (χ2v) is 5.56. The number of nitrogens with zero attached hydrogens (tertiary/aromatic N) is 2. The van der Waals surface area contributed by atoms with Gasteiger partial charge in [-0.1, -0.05) is 0 Å². The number of fused-ring (bicyclic) bond motifs is 2. The fourth-order valence-electron chi connectivity index (χ4n) is 2.85. The smallest absolute Gasteiger partial charge is 0.226 e. The van der Waals surface area contributed by atoms with Gasteiger partial charge in [-0.05, 0) is 43.6 Å². The molecule has 1 aromatic heterocycles. The Kier molecular flexibility index (Phi) is 1.72. The summed E-state index contributed by atoms with van der Waals surface area (Å²) in [6.45, 7) is 0.487. The maximum Gasteiger partial charge on any atom is 0.226 e. The lowest BCUT2D eigenvalue weighted by molar-refractivity contribution is -0.124. The van der Waals surface area contributed by atoms with Crippen molar-refractivity contribution in [3.63, 3.8) is 0 Å². The third kappa shape index (κ3) is 1.39. The highest BCUT2D eigenvalue weighted by Gasteiger charge is 2.74. The van der Waals surface area contributed by atoms with Crippen molar-refractivity contribution < 1.29 is 4.79 Å². The van der Waals surface area contributed by atoms with Crippen molar-refractivity contribution in [3.8, 4) is 0 Å². The molecule has 2 fully saturated rings. The monoisotopic (exact) mass is 229 g/mol. The molecule has 2 saturated carbocycles. The lowest BCUT2D eigenvalue weighted by Gasteiger charge is -2.07. The van der Waals surface area contributed by atoms with Crippen molar-refractivity contribution in [3.05, 3.63) is 23.3 Å². The van der Waals surface area contributed by atoms with E-state index in [9.17, 15) is 4.79 Å². The van der Waals surface area contributed by atoms with Crippen LogP contribution in [0.5, 0.6) is 0 Å². The number of rotatable bonds is 3. The summed E-state index contributed by atoms with van der Waals surface area (Å²) in [7, 11) is 0.